The van der Waals surface area contributed by atoms with Crippen LogP contribution in [0.1, 0.15) is 31.7 Å². The summed E-state index contributed by atoms with van der Waals surface area (Å²) < 4.78 is 0. The molecule has 0 aliphatic rings. The number of hydrogen-bond donors (Lipinski definition) is 3. The Kier molecular flexibility index (Phi) is 4.25. The second-order valence-corrected chi connectivity index (χ2v) is 4.02. The zero-order valence-electron chi connectivity index (χ0n) is 10.4. The van der Waals surface area contributed by atoms with Gasteiger partial charge in [0.15, 0.2) is 0 Å². The lowest BCUT2D eigenvalue weighted by Crippen LogP contribution is -2.33. The number of rotatable bonds is 5. The monoisotopic (exact) mass is 237 g/mol. The summed E-state index contributed by atoms with van der Waals surface area (Å²) in [5, 5.41) is 2.94. The molecule has 0 aliphatic heterocycles. The molecule has 1 amide bonds. The average Bonchev–Trinajstić information content (AvgIpc) is 2.25. The van der Waals surface area contributed by atoms with Crippen molar-refractivity contribution in [2.75, 3.05) is 11.1 Å². The number of nitrogen functional groups attached to an aromatic ring is 1. The molecule has 5 N–H and O–H groups in total. The number of anilines is 2. The second kappa shape index (κ2) is 5.47. The third-order valence-corrected chi connectivity index (χ3v) is 2.48. The van der Waals surface area contributed by atoms with E-state index in [2.05, 4.69) is 15.3 Å². The molecule has 1 atom stereocenters. The molecule has 0 saturated carbocycles. The van der Waals surface area contributed by atoms with Crippen molar-refractivity contribution in [1.29, 1.82) is 0 Å². The molecule has 0 aliphatic carbocycles. The molecule has 0 aromatic carbocycles. The molecule has 1 rings (SSSR count). The van der Waals surface area contributed by atoms with Crippen LogP contribution in [-0.4, -0.2) is 21.9 Å². The molecule has 0 spiro atoms. The van der Waals surface area contributed by atoms with Crippen molar-refractivity contribution in [3.8, 4) is 0 Å². The molecule has 1 unspecified atom stereocenters. The topological polar surface area (TPSA) is 107 Å². The third-order valence-electron chi connectivity index (χ3n) is 2.48. The first-order chi connectivity index (χ1) is 7.95. The number of nitrogens with zero attached hydrogens (tertiary/aromatic N) is 2. The van der Waals surface area contributed by atoms with Gasteiger partial charge in [0, 0.05) is 12.0 Å². The van der Waals surface area contributed by atoms with Crippen LogP contribution in [0.15, 0.2) is 0 Å². The second-order valence-electron chi connectivity index (χ2n) is 4.02. The van der Waals surface area contributed by atoms with Crippen molar-refractivity contribution in [2.24, 2.45) is 5.73 Å². The van der Waals surface area contributed by atoms with Crippen LogP contribution in [0.4, 0.5) is 11.6 Å². The molecule has 0 saturated heterocycles. The third kappa shape index (κ3) is 3.30. The zero-order chi connectivity index (χ0) is 13.0. The lowest BCUT2D eigenvalue weighted by Gasteiger charge is -2.15. The van der Waals surface area contributed by atoms with Crippen LogP contribution in [0, 0.1) is 6.92 Å². The Morgan fingerprint density at radius 1 is 1.47 bits per heavy atom. The lowest BCUT2D eigenvalue weighted by molar-refractivity contribution is -0.118. The van der Waals surface area contributed by atoms with Crippen LogP contribution in [0.3, 0.4) is 0 Å². The number of aromatic nitrogens is 2. The predicted octanol–water partition coefficient (Wildman–Crippen LogP) is 0.605. The highest BCUT2D eigenvalue weighted by Gasteiger charge is 2.13. The maximum atomic E-state index is 11.0. The Morgan fingerprint density at radius 3 is 2.65 bits per heavy atom. The normalized spacial score (nSPS) is 12.2. The minimum absolute atomic E-state index is 0.432. The number of carbonyl (C=O) groups is 1. The largest absolute Gasteiger partial charge is 0.383 e. The van der Waals surface area contributed by atoms with E-state index in [0.717, 1.165) is 18.4 Å². The van der Waals surface area contributed by atoms with Gasteiger partial charge in [0.05, 0.1) is 0 Å². The average molecular weight is 237 g/mol. The van der Waals surface area contributed by atoms with Crippen molar-refractivity contribution >= 4 is 17.5 Å². The van der Waals surface area contributed by atoms with E-state index in [-0.39, 0.29) is 0 Å². The summed E-state index contributed by atoms with van der Waals surface area (Å²) in [6, 6.07) is -0.488. The van der Waals surface area contributed by atoms with Gasteiger partial charge in [0.25, 0.3) is 0 Å². The van der Waals surface area contributed by atoms with Gasteiger partial charge in [0.1, 0.15) is 23.5 Å². The van der Waals surface area contributed by atoms with Crippen LogP contribution in [0.25, 0.3) is 0 Å². The van der Waals surface area contributed by atoms with E-state index in [4.69, 9.17) is 11.5 Å². The van der Waals surface area contributed by atoms with Gasteiger partial charge in [0.2, 0.25) is 5.91 Å². The van der Waals surface area contributed by atoms with Gasteiger partial charge in [-0.15, -0.1) is 0 Å². The maximum absolute atomic E-state index is 11.0. The fourth-order valence-corrected chi connectivity index (χ4v) is 1.33. The van der Waals surface area contributed by atoms with Gasteiger partial charge in [-0.25, -0.2) is 9.97 Å². The molecule has 6 nitrogen and oxygen atoms in total. The van der Waals surface area contributed by atoms with Crippen LogP contribution < -0.4 is 16.8 Å². The molecule has 1 aromatic heterocycles. The number of aryl methyl sites for hydroxylation is 1. The fourth-order valence-electron chi connectivity index (χ4n) is 1.33. The molecule has 0 bridgehead atoms. The van der Waals surface area contributed by atoms with E-state index in [1.165, 1.54) is 0 Å². The van der Waals surface area contributed by atoms with Gasteiger partial charge in [-0.2, -0.15) is 0 Å². The van der Waals surface area contributed by atoms with Gasteiger partial charge in [-0.3, -0.25) is 4.79 Å². The molecular formula is C11H19N5O. The molecule has 1 aromatic rings. The standard InChI is InChI=1S/C11H19N5O/c1-4-5-8-15-9(12)6(2)11(16-8)14-7(3)10(13)17/h7H,4-5H2,1-3H3,(H2,13,17)(H3,12,14,15,16). The van der Waals surface area contributed by atoms with E-state index in [1.54, 1.807) is 13.8 Å². The number of carbonyl (C=O) groups excluding carboxylic acids is 1. The molecule has 94 valence electrons. The number of nitrogens with two attached hydrogens (primary N) is 2. The highest BCUT2D eigenvalue weighted by Crippen LogP contribution is 2.18. The number of primary amides is 1. The van der Waals surface area contributed by atoms with Crippen molar-refractivity contribution in [3.05, 3.63) is 11.4 Å². The van der Waals surface area contributed by atoms with Gasteiger partial charge >= 0.3 is 0 Å². The number of nitrogens with one attached hydrogen (secondary N) is 1. The first kappa shape index (κ1) is 13.2. The molecule has 1 heterocycles. The van der Waals surface area contributed by atoms with Crippen molar-refractivity contribution in [1.82, 2.24) is 9.97 Å². The van der Waals surface area contributed by atoms with Gasteiger partial charge in [-0.05, 0) is 20.3 Å². The summed E-state index contributed by atoms with van der Waals surface area (Å²) in [6.45, 7) is 5.53. The highest BCUT2D eigenvalue weighted by molar-refractivity contribution is 5.82. The fraction of sp³-hybridized carbons (Fsp3) is 0.545. The molecular weight excluding hydrogens is 218 g/mol. The maximum Gasteiger partial charge on any atom is 0.239 e. The molecule has 17 heavy (non-hydrogen) atoms. The molecule has 0 radical (unpaired) electrons. The zero-order valence-corrected chi connectivity index (χ0v) is 10.4. The summed E-state index contributed by atoms with van der Waals surface area (Å²) in [5.41, 5.74) is 11.7. The predicted molar refractivity (Wildman–Crippen MR) is 67.5 cm³/mol. The van der Waals surface area contributed by atoms with Crippen LogP contribution in [-0.2, 0) is 11.2 Å². The van der Waals surface area contributed by atoms with Crippen molar-refractivity contribution in [3.63, 3.8) is 0 Å². The quantitative estimate of drug-likeness (QED) is 0.695. The van der Waals surface area contributed by atoms with E-state index in [9.17, 15) is 4.79 Å². The SMILES string of the molecule is CCCc1nc(N)c(C)c(NC(C)C(N)=O)n1. The number of hydrogen-bond acceptors (Lipinski definition) is 5. The molecule has 6 heteroatoms. The van der Waals surface area contributed by atoms with E-state index < -0.39 is 11.9 Å². The van der Waals surface area contributed by atoms with Crippen molar-refractivity contribution < 1.29 is 4.79 Å². The Bertz CT molecular complexity index is 419. The molecule has 0 fully saturated rings. The Balaban J connectivity index is 3.00. The summed E-state index contributed by atoms with van der Waals surface area (Å²) in [4.78, 5) is 19.5. The van der Waals surface area contributed by atoms with Gasteiger partial charge < -0.3 is 16.8 Å². The Morgan fingerprint density at radius 2 is 2.12 bits per heavy atom. The van der Waals surface area contributed by atoms with Crippen LogP contribution in [0.2, 0.25) is 0 Å². The first-order valence-electron chi connectivity index (χ1n) is 5.64. The smallest absolute Gasteiger partial charge is 0.239 e. The Hall–Kier alpha value is -1.85. The van der Waals surface area contributed by atoms with E-state index in [0.29, 0.717) is 17.5 Å². The van der Waals surface area contributed by atoms with Crippen LogP contribution >= 0.6 is 0 Å². The lowest BCUT2D eigenvalue weighted by atomic mass is 10.2. The number of amides is 1. The summed E-state index contributed by atoms with van der Waals surface area (Å²) in [6.07, 6.45) is 1.69. The summed E-state index contributed by atoms with van der Waals surface area (Å²) in [5.74, 6) is 1.25. The highest BCUT2D eigenvalue weighted by atomic mass is 16.1. The summed E-state index contributed by atoms with van der Waals surface area (Å²) in [7, 11) is 0. The van der Waals surface area contributed by atoms with E-state index in [1.807, 2.05) is 6.92 Å². The Labute approximate surface area is 101 Å². The first-order valence-corrected chi connectivity index (χ1v) is 5.64. The van der Waals surface area contributed by atoms with Gasteiger partial charge in [-0.1, -0.05) is 6.92 Å². The van der Waals surface area contributed by atoms with Crippen LogP contribution in [0.5, 0.6) is 0 Å². The van der Waals surface area contributed by atoms with Crippen molar-refractivity contribution in [2.45, 2.75) is 39.7 Å². The summed E-state index contributed by atoms with van der Waals surface area (Å²) >= 11 is 0. The minimum Gasteiger partial charge on any atom is -0.383 e. The minimum atomic E-state index is -0.488. The van der Waals surface area contributed by atoms with E-state index >= 15 is 0 Å².